The van der Waals surface area contributed by atoms with Crippen molar-refractivity contribution >= 4 is 49.3 Å². The van der Waals surface area contributed by atoms with Gasteiger partial charge in [0.05, 0.1) is 10.8 Å². The zero-order valence-electron chi connectivity index (χ0n) is 4.74. The second kappa shape index (κ2) is 2.71. The van der Waals surface area contributed by atoms with Crippen molar-refractivity contribution in [3.63, 3.8) is 0 Å². The molecule has 6 heteroatoms. The number of hydrogen-bond donors (Lipinski definition) is 2. The molecule has 0 aromatic heterocycles. The lowest BCUT2D eigenvalue weighted by Gasteiger charge is -2.23. The van der Waals surface area contributed by atoms with E-state index in [0.717, 1.165) is 0 Å². The van der Waals surface area contributed by atoms with Gasteiger partial charge < -0.3 is 11.1 Å². The molecule has 0 radical (unpaired) electrons. The Bertz CT molecular complexity index is 211. The van der Waals surface area contributed by atoms with Crippen molar-refractivity contribution in [1.82, 2.24) is 5.32 Å². The predicted octanol–water partition coefficient (Wildman–Crippen LogP) is 1.43. The first-order valence-corrected chi connectivity index (χ1v) is 4.34. The molecular weight excluding hydrogens is 285 g/mol. The number of nitrogens with one attached hydrogen (secondary N) is 1. The van der Waals surface area contributed by atoms with Crippen LogP contribution in [0.15, 0.2) is 15.8 Å². The molecule has 0 amide bonds. The first-order chi connectivity index (χ1) is 4.52. The Morgan fingerprint density at radius 1 is 1.80 bits per heavy atom. The van der Waals surface area contributed by atoms with Crippen LogP contribution in [0.25, 0.3) is 0 Å². The average molecular weight is 289 g/mol. The lowest BCUT2D eigenvalue weighted by atomic mass is 10.5. The molecule has 1 unspecified atom stereocenters. The van der Waals surface area contributed by atoms with E-state index in [2.05, 4.69) is 42.2 Å². The van der Waals surface area contributed by atoms with Crippen LogP contribution in [0.1, 0.15) is 0 Å². The van der Waals surface area contributed by atoms with Crippen molar-refractivity contribution in [2.75, 3.05) is 0 Å². The van der Waals surface area contributed by atoms with E-state index in [4.69, 9.17) is 17.3 Å². The first-order valence-electron chi connectivity index (χ1n) is 2.38. The van der Waals surface area contributed by atoms with Crippen LogP contribution < -0.4 is 11.1 Å². The van der Waals surface area contributed by atoms with Crippen molar-refractivity contribution in [3.8, 4) is 0 Å². The van der Waals surface area contributed by atoms with Crippen LogP contribution in [-0.2, 0) is 0 Å². The van der Waals surface area contributed by atoms with Gasteiger partial charge in [0.1, 0.15) is 0 Å². The normalized spacial score (nSPS) is 32.3. The van der Waals surface area contributed by atoms with Gasteiger partial charge in [0.15, 0.2) is 5.84 Å². The molecule has 1 heterocycles. The van der Waals surface area contributed by atoms with Gasteiger partial charge in [-0.3, -0.25) is 0 Å². The third-order valence-corrected chi connectivity index (χ3v) is 2.21. The number of halogens is 3. The van der Waals surface area contributed by atoms with Crippen LogP contribution in [0.3, 0.4) is 0 Å². The molecule has 0 aromatic rings. The summed E-state index contributed by atoms with van der Waals surface area (Å²) >= 11 is 12.1. The van der Waals surface area contributed by atoms with E-state index in [-0.39, 0.29) is 5.84 Å². The summed E-state index contributed by atoms with van der Waals surface area (Å²) in [4.78, 5) is 3.81. The molecule has 1 atom stereocenters. The minimum atomic E-state index is -0.944. The van der Waals surface area contributed by atoms with Gasteiger partial charge in [-0.15, -0.1) is 0 Å². The van der Waals surface area contributed by atoms with Gasteiger partial charge in [-0.1, -0.05) is 11.6 Å². The molecule has 10 heavy (non-hydrogen) atoms. The monoisotopic (exact) mass is 287 g/mol. The zero-order valence-corrected chi connectivity index (χ0v) is 8.66. The van der Waals surface area contributed by atoms with Gasteiger partial charge in [0, 0.05) is 0 Å². The van der Waals surface area contributed by atoms with Crippen molar-refractivity contribution in [3.05, 3.63) is 10.8 Å². The molecule has 1 rings (SSSR count). The fourth-order valence-corrected chi connectivity index (χ4v) is 1.70. The van der Waals surface area contributed by atoms with Crippen LogP contribution in [0, 0.1) is 0 Å². The lowest BCUT2D eigenvalue weighted by molar-refractivity contribution is 0.866. The Morgan fingerprint density at radius 3 is 2.80 bits per heavy atom. The van der Waals surface area contributed by atoms with Crippen LogP contribution in [0.5, 0.6) is 0 Å². The summed E-state index contributed by atoms with van der Waals surface area (Å²) in [7, 11) is 0. The molecule has 0 saturated heterocycles. The summed E-state index contributed by atoms with van der Waals surface area (Å²) in [5.41, 5.74) is 5.42. The second-order valence-corrected chi connectivity index (χ2v) is 4.76. The maximum absolute atomic E-state index is 5.80. The molecule has 0 aromatic carbocycles. The molecule has 3 N–H and O–H groups in total. The first kappa shape index (κ1) is 8.36. The fraction of sp³-hybridized carbons (Fsp3) is 0.250. The summed E-state index contributed by atoms with van der Waals surface area (Å²) in [5, 5.41) is 2.81. The Hall–Kier alpha value is 0.260. The standard InChI is InChI=1S/C4H4Br2ClN3/c5-2-1-9-3(8)4(6,7)10-2/h1,10H,(H2,8,9). The maximum Gasteiger partial charge on any atom is 0.226 e. The maximum atomic E-state index is 5.80. The van der Waals surface area contributed by atoms with Gasteiger partial charge >= 0.3 is 0 Å². The van der Waals surface area contributed by atoms with Gasteiger partial charge in [-0.2, -0.15) is 0 Å². The van der Waals surface area contributed by atoms with Crippen LogP contribution >= 0.6 is 43.5 Å². The van der Waals surface area contributed by atoms with Crippen LogP contribution in [0.2, 0.25) is 0 Å². The minimum absolute atomic E-state index is 0.289. The van der Waals surface area contributed by atoms with Gasteiger partial charge in [-0.05, 0) is 31.9 Å². The number of nitrogens with zero attached hydrogens (tertiary/aromatic N) is 1. The lowest BCUT2D eigenvalue weighted by Crippen LogP contribution is -2.46. The van der Waals surface area contributed by atoms with E-state index in [9.17, 15) is 0 Å². The molecule has 0 saturated carbocycles. The molecule has 1 aliphatic rings. The van der Waals surface area contributed by atoms with Gasteiger partial charge in [-0.25, -0.2) is 4.99 Å². The predicted molar refractivity (Wildman–Crippen MR) is 49.3 cm³/mol. The largest absolute Gasteiger partial charge is 0.383 e. The molecule has 1 aliphatic heterocycles. The molecule has 3 nitrogen and oxygen atoms in total. The van der Waals surface area contributed by atoms with E-state index >= 15 is 0 Å². The number of rotatable bonds is 0. The van der Waals surface area contributed by atoms with E-state index in [0.29, 0.717) is 4.61 Å². The summed E-state index contributed by atoms with van der Waals surface area (Å²) in [6, 6.07) is 0. The summed E-state index contributed by atoms with van der Waals surface area (Å²) < 4.78 is -0.255. The van der Waals surface area contributed by atoms with E-state index in [1.807, 2.05) is 0 Å². The molecule has 0 fully saturated rings. The smallest absolute Gasteiger partial charge is 0.226 e. The van der Waals surface area contributed by atoms with Crippen LogP contribution in [-0.4, -0.2) is 9.74 Å². The highest BCUT2D eigenvalue weighted by Crippen LogP contribution is 2.26. The Balaban J connectivity index is 2.89. The summed E-state index contributed by atoms with van der Waals surface area (Å²) in [6.45, 7) is 0. The SMILES string of the molecule is NC1=NC=C(Br)NC1(Cl)Br. The number of hydrogen-bond acceptors (Lipinski definition) is 3. The molecule has 0 aliphatic carbocycles. The highest BCUT2D eigenvalue weighted by Gasteiger charge is 2.30. The quantitative estimate of drug-likeness (QED) is 0.523. The Morgan fingerprint density at radius 2 is 2.40 bits per heavy atom. The van der Waals surface area contributed by atoms with E-state index < -0.39 is 3.91 Å². The minimum Gasteiger partial charge on any atom is -0.383 e. The highest BCUT2D eigenvalue weighted by molar-refractivity contribution is 9.12. The number of aliphatic imine (C=N–C) groups is 1. The van der Waals surface area contributed by atoms with Crippen molar-refractivity contribution in [2.45, 2.75) is 3.91 Å². The van der Waals surface area contributed by atoms with Crippen molar-refractivity contribution in [1.29, 1.82) is 0 Å². The number of nitrogens with two attached hydrogens (primary N) is 1. The Labute approximate surface area is 80.0 Å². The fourth-order valence-electron chi connectivity index (χ4n) is 0.454. The van der Waals surface area contributed by atoms with Crippen molar-refractivity contribution in [2.24, 2.45) is 10.7 Å². The molecule has 0 spiro atoms. The van der Waals surface area contributed by atoms with Crippen molar-refractivity contribution < 1.29 is 0 Å². The third kappa shape index (κ3) is 1.65. The molecule has 0 bridgehead atoms. The number of amidine groups is 1. The number of alkyl halides is 2. The average Bonchev–Trinajstić information content (AvgIpc) is 1.78. The Kier molecular flexibility index (Phi) is 2.27. The summed E-state index contributed by atoms with van der Waals surface area (Å²) in [5.74, 6) is 0.289. The van der Waals surface area contributed by atoms with E-state index in [1.54, 1.807) is 0 Å². The van der Waals surface area contributed by atoms with Gasteiger partial charge in [0.25, 0.3) is 0 Å². The van der Waals surface area contributed by atoms with Crippen LogP contribution in [0.4, 0.5) is 0 Å². The zero-order chi connectivity index (χ0) is 7.78. The molecule has 56 valence electrons. The van der Waals surface area contributed by atoms with E-state index in [1.165, 1.54) is 6.20 Å². The topological polar surface area (TPSA) is 50.4 Å². The molecular formula is C4H4Br2ClN3. The second-order valence-electron chi connectivity index (χ2n) is 1.69. The third-order valence-electron chi connectivity index (χ3n) is 0.915. The highest BCUT2D eigenvalue weighted by atomic mass is 79.9. The van der Waals surface area contributed by atoms with Gasteiger partial charge in [0.2, 0.25) is 3.91 Å². The summed E-state index contributed by atoms with van der Waals surface area (Å²) in [6.07, 6.45) is 1.54.